The van der Waals surface area contributed by atoms with Gasteiger partial charge in [0, 0.05) is 18.4 Å². The zero-order valence-electron chi connectivity index (χ0n) is 31.0. The number of methoxy groups -OCH3 is 2. The Morgan fingerprint density at radius 2 is 1.38 bits per heavy atom. The molecule has 4 aromatic carbocycles. The van der Waals surface area contributed by atoms with Gasteiger partial charge in [0.05, 0.1) is 39.2 Å². The molecule has 1 aliphatic heterocycles. The smallest absolute Gasteiger partial charge is 0.256 e. The molecule has 0 radical (unpaired) electrons. The number of anilines is 1. The zero-order chi connectivity index (χ0) is 39.2. The van der Waals surface area contributed by atoms with E-state index in [9.17, 15) is 14.4 Å². The molecule has 7 rings (SSSR count). The second kappa shape index (κ2) is 16.6. The molecule has 4 atom stereocenters. The number of amides is 1. The van der Waals surface area contributed by atoms with Crippen LogP contribution in [0.1, 0.15) is 53.0 Å². The van der Waals surface area contributed by atoms with E-state index in [1.54, 1.807) is 44.6 Å². The maximum absolute atomic E-state index is 17.0. The predicted molar refractivity (Wildman–Crippen MR) is 205 cm³/mol. The second-order valence-electron chi connectivity index (χ2n) is 13.4. The summed E-state index contributed by atoms with van der Waals surface area (Å²) in [6.07, 6.45) is -1.99. The van der Waals surface area contributed by atoms with Gasteiger partial charge in [-0.25, -0.2) is 19.3 Å². The second-order valence-corrected chi connectivity index (χ2v) is 13.4. The summed E-state index contributed by atoms with van der Waals surface area (Å²) in [6, 6.07) is 33.1. The Hall–Kier alpha value is -6.31. The number of ketones is 2. The van der Waals surface area contributed by atoms with Crippen molar-refractivity contribution < 1.29 is 37.7 Å². The maximum Gasteiger partial charge on any atom is 0.256 e. The van der Waals surface area contributed by atoms with Crippen molar-refractivity contribution in [1.29, 1.82) is 0 Å². The Labute approximate surface area is 322 Å². The molecule has 6 aromatic rings. The predicted octanol–water partition coefficient (Wildman–Crippen LogP) is 6.89. The van der Waals surface area contributed by atoms with Gasteiger partial charge in [0.25, 0.3) is 5.91 Å². The number of imidazole rings is 1. The quantitative estimate of drug-likeness (QED) is 0.110. The lowest BCUT2D eigenvalue weighted by molar-refractivity contribution is -0.131. The fraction of sp³-hybridized carbons (Fsp3) is 0.256. The third-order valence-corrected chi connectivity index (χ3v) is 9.96. The largest absolute Gasteiger partial charge is 0.497 e. The van der Waals surface area contributed by atoms with Crippen LogP contribution in [0.5, 0.6) is 11.5 Å². The molecule has 286 valence electrons. The van der Waals surface area contributed by atoms with Gasteiger partial charge in [0.1, 0.15) is 35.0 Å². The summed E-state index contributed by atoms with van der Waals surface area (Å²) < 4.78 is 42.8. The molecule has 13 heteroatoms. The average molecular weight is 758 g/mol. The standard InChI is InChI=1S/C43H40FN5O7/c1-27(50)14-23-34(51)36-35(56-42(37(36)44)49-26-47-38-39(45-25-46-40(38)49)48-41(52)28-10-6-4-7-11-28)24-55-43(29-12-8-5-9-13-29,30-15-19-32(53-2)20-16-30)31-17-21-33(54-3)22-18-31/h4-13,15-22,25-26,35-37,42H,14,23-24H2,1-3H3,(H,45,46,48,52)/t35-,36+,37?,42-/m1/s1. The van der Waals surface area contributed by atoms with E-state index < -0.39 is 41.7 Å². The van der Waals surface area contributed by atoms with Gasteiger partial charge < -0.3 is 29.1 Å². The van der Waals surface area contributed by atoms with Crippen LogP contribution < -0.4 is 14.8 Å². The van der Waals surface area contributed by atoms with Crippen molar-refractivity contribution in [2.75, 3.05) is 26.1 Å². The van der Waals surface area contributed by atoms with Gasteiger partial charge in [0.2, 0.25) is 0 Å². The number of halogens is 1. The summed E-state index contributed by atoms with van der Waals surface area (Å²) in [6.45, 7) is 1.15. The highest BCUT2D eigenvalue weighted by Gasteiger charge is 2.51. The lowest BCUT2D eigenvalue weighted by Gasteiger charge is -2.37. The maximum atomic E-state index is 17.0. The topological polar surface area (TPSA) is 144 Å². The Kier molecular flexibility index (Phi) is 11.3. The highest BCUT2D eigenvalue weighted by molar-refractivity contribution is 6.06. The Morgan fingerprint density at radius 1 is 0.786 bits per heavy atom. The number of nitrogens with one attached hydrogen (secondary N) is 1. The van der Waals surface area contributed by atoms with Gasteiger partial charge in [-0.1, -0.05) is 72.8 Å². The molecule has 56 heavy (non-hydrogen) atoms. The summed E-state index contributed by atoms with van der Waals surface area (Å²) in [7, 11) is 3.17. The van der Waals surface area contributed by atoms with Gasteiger partial charge in [-0.2, -0.15) is 0 Å². The summed E-state index contributed by atoms with van der Waals surface area (Å²) in [4.78, 5) is 51.8. The molecule has 1 fully saturated rings. The number of aromatic nitrogens is 4. The molecule has 0 spiro atoms. The van der Waals surface area contributed by atoms with Gasteiger partial charge >= 0.3 is 0 Å². The number of benzene rings is 4. The molecule has 1 N–H and O–H groups in total. The minimum Gasteiger partial charge on any atom is -0.497 e. The van der Waals surface area contributed by atoms with Crippen LogP contribution in [0.3, 0.4) is 0 Å². The van der Waals surface area contributed by atoms with Gasteiger partial charge in [-0.05, 0) is 60.0 Å². The van der Waals surface area contributed by atoms with Crippen LogP contribution in [0.15, 0.2) is 122 Å². The number of carbonyl (C=O) groups excluding carboxylic acids is 3. The number of fused-ring (bicyclic) bond motifs is 1. The van der Waals surface area contributed by atoms with Crippen LogP contribution in [0.4, 0.5) is 10.2 Å². The van der Waals surface area contributed by atoms with E-state index >= 15 is 4.39 Å². The van der Waals surface area contributed by atoms with Crippen LogP contribution in [0.25, 0.3) is 11.2 Å². The monoisotopic (exact) mass is 757 g/mol. The number of Topliss-reactive ketones (excluding diaryl/α,β-unsaturated/α-hetero) is 2. The molecule has 1 aliphatic rings. The van der Waals surface area contributed by atoms with Crippen molar-refractivity contribution in [1.82, 2.24) is 19.5 Å². The molecule has 0 bridgehead atoms. The Bertz CT molecular complexity index is 2260. The number of carbonyl (C=O) groups is 3. The molecular weight excluding hydrogens is 717 g/mol. The normalized spacial score (nSPS) is 18.1. The summed E-state index contributed by atoms with van der Waals surface area (Å²) in [5, 5.41) is 2.76. The van der Waals surface area contributed by atoms with E-state index in [2.05, 4.69) is 20.3 Å². The van der Waals surface area contributed by atoms with E-state index in [1.165, 1.54) is 24.1 Å². The number of alkyl halides is 1. The molecule has 1 amide bonds. The molecule has 1 unspecified atom stereocenters. The average Bonchev–Trinajstić information content (AvgIpc) is 3.82. The van der Waals surface area contributed by atoms with Crippen LogP contribution in [-0.2, 0) is 24.7 Å². The third kappa shape index (κ3) is 7.51. The van der Waals surface area contributed by atoms with Crippen molar-refractivity contribution in [3.63, 3.8) is 0 Å². The van der Waals surface area contributed by atoms with Crippen LogP contribution in [0.2, 0.25) is 0 Å². The Balaban J connectivity index is 1.27. The van der Waals surface area contributed by atoms with Crippen LogP contribution in [0, 0.1) is 5.92 Å². The van der Waals surface area contributed by atoms with Crippen molar-refractivity contribution in [2.45, 2.75) is 43.9 Å². The minimum absolute atomic E-state index is 0.0440. The molecular formula is C43H40FN5O7. The highest BCUT2D eigenvalue weighted by atomic mass is 19.1. The van der Waals surface area contributed by atoms with Crippen LogP contribution >= 0.6 is 0 Å². The highest BCUT2D eigenvalue weighted by Crippen LogP contribution is 2.45. The zero-order valence-corrected chi connectivity index (χ0v) is 31.0. The lowest BCUT2D eigenvalue weighted by Crippen LogP contribution is -2.39. The summed E-state index contributed by atoms with van der Waals surface area (Å²) in [5.74, 6) is -0.984. The van der Waals surface area contributed by atoms with E-state index in [-0.39, 0.29) is 42.2 Å². The van der Waals surface area contributed by atoms with E-state index in [0.717, 1.165) is 16.7 Å². The van der Waals surface area contributed by atoms with Gasteiger partial charge in [-0.3, -0.25) is 14.2 Å². The van der Waals surface area contributed by atoms with Crippen molar-refractivity contribution in [3.8, 4) is 11.5 Å². The number of hydrogen-bond donors (Lipinski definition) is 1. The third-order valence-electron chi connectivity index (χ3n) is 9.96. The van der Waals surface area contributed by atoms with Crippen molar-refractivity contribution in [3.05, 3.63) is 144 Å². The molecule has 1 saturated heterocycles. The lowest BCUT2D eigenvalue weighted by atomic mass is 9.79. The fourth-order valence-electron chi connectivity index (χ4n) is 7.11. The number of hydrogen-bond acceptors (Lipinski definition) is 10. The summed E-state index contributed by atoms with van der Waals surface area (Å²) in [5.41, 5.74) is 1.76. The van der Waals surface area contributed by atoms with Crippen molar-refractivity contribution >= 4 is 34.5 Å². The molecule has 3 heterocycles. The fourth-order valence-corrected chi connectivity index (χ4v) is 7.11. The first kappa shape index (κ1) is 38.0. The molecule has 0 aliphatic carbocycles. The number of nitrogens with zero attached hydrogens (tertiary/aromatic N) is 4. The van der Waals surface area contributed by atoms with Gasteiger partial charge in [-0.15, -0.1) is 0 Å². The van der Waals surface area contributed by atoms with E-state index in [4.69, 9.17) is 18.9 Å². The van der Waals surface area contributed by atoms with Gasteiger partial charge in [0.15, 0.2) is 29.4 Å². The van der Waals surface area contributed by atoms with E-state index in [1.807, 2.05) is 78.9 Å². The molecule has 0 saturated carbocycles. The number of ether oxygens (including phenoxy) is 4. The molecule has 12 nitrogen and oxygen atoms in total. The first-order valence-corrected chi connectivity index (χ1v) is 18.1. The first-order valence-electron chi connectivity index (χ1n) is 18.1. The summed E-state index contributed by atoms with van der Waals surface area (Å²) >= 11 is 0. The Morgan fingerprint density at radius 3 is 1.96 bits per heavy atom. The van der Waals surface area contributed by atoms with Crippen molar-refractivity contribution in [2.24, 2.45) is 5.92 Å². The molecule has 2 aromatic heterocycles. The first-order chi connectivity index (χ1) is 27.2. The van der Waals surface area contributed by atoms with Crippen LogP contribution in [-0.4, -0.2) is 70.1 Å². The number of rotatable bonds is 15. The van der Waals surface area contributed by atoms with E-state index in [0.29, 0.717) is 17.1 Å². The minimum atomic E-state index is -1.88. The SMILES string of the molecule is COc1ccc(C(OC[C@H]2O[C@@H](n3cnc4c(NC(=O)c5ccccc5)ncnc43)C(F)[C@H]2C(=O)CCC(C)=O)(c2ccccc2)c2ccc(OC)cc2)cc1.